The van der Waals surface area contributed by atoms with Crippen molar-refractivity contribution in [1.82, 2.24) is 4.72 Å². The molecule has 31 heavy (non-hydrogen) atoms. The molecule has 162 valence electrons. The van der Waals surface area contributed by atoms with E-state index < -0.39 is 20.9 Å². The van der Waals surface area contributed by atoms with Crippen LogP contribution in [0, 0.1) is 10.1 Å². The molecular weight excluding hydrogens is 420 g/mol. The number of non-ortho nitro benzene ring substituents is 1. The zero-order valence-corrected chi connectivity index (χ0v) is 17.5. The fourth-order valence-corrected chi connectivity index (χ4v) is 4.11. The van der Waals surface area contributed by atoms with Crippen LogP contribution in [0.25, 0.3) is 6.08 Å². The number of benzene rings is 2. The van der Waals surface area contributed by atoms with E-state index in [9.17, 15) is 23.3 Å². The maximum absolute atomic E-state index is 12.7. The van der Waals surface area contributed by atoms with E-state index in [4.69, 9.17) is 0 Å². The molecule has 9 nitrogen and oxygen atoms in total. The van der Waals surface area contributed by atoms with Gasteiger partial charge in [-0.15, -0.1) is 0 Å². The van der Waals surface area contributed by atoms with Crippen molar-refractivity contribution in [3.63, 3.8) is 0 Å². The van der Waals surface area contributed by atoms with Crippen molar-refractivity contribution in [3.8, 4) is 0 Å². The number of carbonyl (C=O) groups excluding carboxylic acids is 1. The SMILES string of the molecule is O=C(C=Cc1ccc([N+](=O)[O-])cc1)Nc1cccc(S(=O)(=O)NC2=NCCCCC2)c1. The lowest BCUT2D eigenvalue weighted by molar-refractivity contribution is -0.384. The Balaban J connectivity index is 1.66. The number of anilines is 1. The van der Waals surface area contributed by atoms with Crippen molar-refractivity contribution >= 4 is 39.2 Å². The maximum atomic E-state index is 12.7. The van der Waals surface area contributed by atoms with E-state index in [-0.39, 0.29) is 10.6 Å². The third-order valence-electron chi connectivity index (χ3n) is 4.57. The summed E-state index contributed by atoms with van der Waals surface area (Å²) >= 11 is 0. The highest BCUT2D eigenvalue weighted by Gasteiger charge is 2.17. The van der Waals surface area contributed by atoms with E-state index in [1.165, 1.54) is 48.6 Å². The Kier molecular flexibility index (Phi) is 7.14. The second-order valence-corrected chi connectivity index (χ2v) is 8.63. The van der Waals surface area contributed by atoms with Crippen LogP contribution >= 0.6 is 0 Å². The summed E-state index contributed by atoms with van der Waals surface area (Å²) in [7, 11) is -3.81. The minimum Gasteiger partial charge on any atom is -0.322 e. The molecule has 3 rings (SSSR count). The normalized spacial score (nSPS) is 14.5. The topological polar surface area (TPSA) is 131 Å². The largest absolute Gasteiger partial charge is 0.322 e. The van der Waals surface area contributed by atoms with Gasteiger partial charge >= 0.3 is 0 Å². The number of amides is 1. The first-order valence-electron chi connectivity index (χ1n) is 9.73. The van der Waals surface area contributed by atoms with Crippen molar-refractivity contribution in [2.75, 3.05) is 11.9 Å². The molecule has 1 heterocycles. The molecule has 0 saturated heterocycles. The number of nitro groups is 1. The van der Waals surface area contributed by atoms with Crippen molar-refractivity contribution in [2.24, 2.45) is 4.99 Å². The van der Waals surface area contributed by atoms with Crippen LogP contribution in [0.1, 0.15) is 31.2 Å². The second kappa shape index (κ2) is 9.98. The second-order valence-electron chi connectivity index (χ2n) is 6.94. The molecule has 0 unspecified atom stereocenters. The Hall–Kier alpha value is -3.53. The number of sulfonamides is 1. The monoisotopic (exact) mass is 442 g/mol. The molecule has 0 aromatic heterocycles. The summed E-state index contributed by atoms with van der Waals surface area (Å²) in [4.78, 5) is 26.7. The lowest BCUT2D eigenvalue weighted by Crippen LogP contribution is -2.30. The predicted molar refractivity (Wildman–Crippen MR) is 118 cm³/mol. The fraction of sp³-hybridized carbons (Fsp3) is 0.238. The van der Waals surface area contributed by atoms with E-state index in [2.05, 4.69) is 15.0 Å². The third kappa shape index (κ3) is 6.48. The number of aliphatic imine (C=N–C) groups is 1. The summed E-state index contributed by atoms with van der Waals surface area (Å²) < 4.78 is 27.9. The number of hydrogen-bond donors (Lipinski definition) is 2. The van der Waals surface area contributed by atoms with Crippen LogP contribution in [0.2, 0.25) is 0 Å². The smallest absolute Gasteiger partial charge is 0.269 e. The van der Waals surface area contributed by atoms with Gasteiger partial charge in [0, 0.05) is 36.9 Å². The van der Waals surface area contributed by atoms with E-state index in [1.54, 1.807) is 12.1 Å². The van der Waals surface area contributed by atoms with Crippen LogP contribution in [0.5, 0.6) is 0 Å². The average Bonchev–Trinajstić information content (AvgIpc) is 3.01. The Labute approximate surface area is 180 Å². The first-order valence-corrected chi connectivity index (χ1v) is 11.2. The summed E-state index contributed by atoms with van der Waals surface area (Å²) in [6, 6.07) is 11.7. The lowest BCUT2D eigenvalue weighted by atomic mass is 10.2. The first kappa shape index (κ1) is 22.2. The molecule has 0 radical (unpaired) electrons. The minimum absolute atomic E-state index is 0.0246. The van der Waals surface area contributed by atoms with Gasteiger partial charge in [-0.2, -0.15) is 0 Å². The number of amidine groups is 1. The van der Waals surface area contributed by atoms with Gasteiger partial charge in [0.2, 0.25) is 5.91 Å². The minimum atomic E-state index is -3.81. The molecule has 0 fully saturated rings. The molecule has 1 aliphatic heterocycles. The van der Waals surface area contributed by atoms with Crippen molar-refractivity contribution in [1.29, 1.82) is 0 Å². The van der Waals surface area contributed by atoms with Gasteiger partial charge in [0.05, 0.1) is 9.82 Å². The van der Waals surface area contributed by atoms with Gasteiger partial charge < -0.3 is 5.32 Å². The molecule has 0 spiro atoms. The number of nitrogens with one attached hydrogen (secondary N) is 2. The standard InChI is InChI=1S/C21H22N4O5S/c26-21(13-10-16-8-11-18(12-9-16)25(27)28)23-17-5-4-6-19(15-17)31(29,30)24-20-7-2-1-3-14-22-20/h4-6,8-13,15H,1-3,7,14H2,(H,22,24)(H,23,26). The summed E-state index contributed by atoms with van der Waals surface area (Å²) in [5.41, 5.74) is 0.900. The van der Waals surface area contributed by atoms with Crippen LogP contribution in [0.4, 0.5) is 11.4 Å². The summed E-state index contributed by atoms with van der Waals surface area (Å²) in [6.45, 7) is 0.606. The Morgan fingerprint density at radius 2 is 1.87 bits per heavy atom. The molecule has 2 N–H and O–H groups in total. The number of nitro benzene ring substituents is 1. The number of rotatable bonds is 6. The molecule has 2 aromatic rings. The number of nitrogens with zero attached hydrogens (tertiary/aromatic N) is 2. The van der Waals surface area contributed by atoms with Crippen molar-refractivity contribution in [3.05, 3.63) is 70.3 Å². The van der Waals surface area contributed by atoms with E-state index in [0.717, 1.165) is 19.3 Å². The highest BCUT2D eigenvalue weighted by molar-refractivity contribution is 7.90. The van der Waals surface area contributed by atoms with Crippen LogP contribution in [0.3, 0.4) is 0 Å². The highest BCUT2D eigenvalue weighted by Crippen LogP contribution is 2.17. The van der Waals surface area contributed by atoms with Crippen molar-refractivity contribution < 1.29 is 18.1 Å². The van der Waals surface area contributed by atoms with Crippen LogP contribution in [0.15, 0.2) is 64.5 Å². The number of hydrogen-bond acceptors (Lipinski definition) is 6. The van der Waals surface area contributed by atoms with Crippen LogP contribution in [-0.2, 0) is 14.8 Å². The molecule has 2 aromatic carbocycles. The summed E-state index contributed by atoms with van der Waals surface area (Å²) in [5.74, 6) is -0.00743. The first-order chi connectivity index (χ1) is 14.8. The molecule has 0 atom stereocenters. The molecular formula is C21H22N4O5S. The van der Waals surface area contributed by atoms with Gasteiger partial charge in [-0.1, -0.05) is 12.5 Å². The fourth-order valence-electron chi connectivity index (χ4n) is 2.98. The Morgan fingerprint density at radius 1 is 1.10 bits per heavy atom. The number of carbonyl (C=O) groups is 1. The predicted octanol–water partition coefficient (Wildman–Crippen LogP) is 3.50. The zero-order valence-electron chi connectivity index (χ0n) is 16.7. The molecule has 0 bridgehead atoms. The van der Waals surface area contributed by atoms with Gasteiger partial charge in [-0.3, -0.25) is 24.6 Å². The Bertz CT molecular complexity index is 1120. The molecule has 0 aliphatic carbocycles. The molecule has 1 aliphatic rings. The van der Waals surface area contributed by atoms with Gasteiger partial charge in [0.25, 0.3) is 15.7 Å². The van der Waals surface area contributed by atoms with Crippen molar-refractivity contribution in [2.45, 2.75) is 30.6 Å². The van der Waals surface area contributed by atoms with E-state index in [1.807, 2.05) is 0 Å². The summed E-state index contributed by atoms with van der Waals surface area (Å²) in [5, 5.41) is 13.3. The van der Waals surface area contributed by atoms with E-state index >= 15 is 0 Å². The van der Waals surface area contributed by atoms with Crippen LogP contribution < -0.4 is 10.0 Å². The quantitative estimate of drug-likeness (QED) is 0.402. The van der Waals surface area contributed by atoms with Gasteiger partial charge in [-0.25, -0.2) is 8.42 Å². The van der Waals surface area contributed by atoms with E-state index in [0.29, 0.717) is 30.1 Å². The zero-order chi connectivity index (χ0) is 22.3. The van der Waals surface area contributed by atoms with Crippen LogP contribution in [-0.4, -0.2) is 31.6 Å². The molecule has 0 saturated carbocycles. The van der Waals surface area contributed by atoms with Gasteiger partial charge in [0.1, 0.15) is 5.84 Å². The Morgan fingerprint density at radius 3 is 2.61 bits per heavy atom. The average molecular weight is 442 g/mol. The maximum Gasteiger partial charge on any atom is 0.269 e. The molecule has 10 heteroatoms. The molecule has 1 amide bonds. The summed E-state index contributed by atoms with van der Waals surface area (Å²) in [6.07, 6.45) is 6.21. The highest BCUT2D eigenvalue weighted by atomic mass is 32.2. The van der Waals surface area contributed by atoms with Gasteiger partial charge in [0.15, 0.2) is 0 Å². The third-order valence-corrected chi connectivity index (χ3v) is 5.95. The lowest BCUT2D eigenvalue weighted by Gasteiger charge is -2.11. The van der Waals surface area contributed by atoms with Gasteiger partial charge in [-0.05, 0) is 54.8 Å².